The van der Waals surface area contributed by atoms with Crippen molar-refractivity contribution in [1.29, 1.82) is 0 Å². The van der Waals surface area contributed by atoms with E-state index in [4.69, 9.17) is 20.2 Å². The number of ether oxygens (including phenoxy) is 2. The van der Waals surface area contributed by atoms with E-state index in [1.807, 2.05) is 26.0 Å². The molecule has 1 aromatic heterocycles. The third-order valence-electron chi connectivity index (χ3n) is 3.48. The average Bonchev–Trinajstić information content (AvgIpc) is 2.90. The molecule has 1 aliphatic heterocycles. The SMILES string of the molecule is CC(C)Cc1nc2cc3c(cc2n1CC(C)(C)N)OCO3. The molecule has 0 saturated heterocycles. The Bertz CT molecular complexity index is 668. The Labute approximate surface area is 125 Å². The Morgan fingerprint density at radius 2 is 1.95 bits per heavy atom. The van der Waals surface area contributed by atoms with Crippen LogP contribution in [0.25, 0.3) is 11.0 Å². The van der Waals surface area contributed by atoms with Gasteiger partial charge >= 0.3 is 0 Å². The molecule has 0 radical (unpaired) electrons. The molecule has 0 unspecified atom stereocenters. The molecule has 0 amide bonds. The number of imidazole rings is 1. The number of hydrogen-bond acceptors (Lipinski definition) is 4. The van der Waals surface area contributed by atoms with E-state index >= 15 is 0 Å². The maximum atomic E-state index is 6.23. The molecule has 5 nitrogen and oxygen atoms in total. The molecule has 2 N–H and O–H groups in total. The minimum Gasteiger partial charge on any atom is -0.454 e. The summed E-state index contributed by atoms with van der Waals surface area (Å²) in [7, 11) is 0. The first-order valence-corrected chi connectivity index (χ1v) is 7.41. The molecule has 21 heavy (non-hydrogen) atoms. The van der Waals surface area contributed by atoms with Gasteiger partial charge in [0.1, 0.15) is 5.82 Å². The van der Waals surface area contributed by atoms with Crippen LogP contribution in [0.2, 0.25) is 0 Å². The fourth-order valence-electron chi connectivity index (χ4n) is 2.67. The smallest absolute Gasteiger partial charge is 0.231 e. The Hall–Kier alpha value is -1.75. The predicted octanol–water partition coefficient (Wildman–Crippen LogP) is 2.70. The molecular formula is C16H23N3O2. The summed E-state index contributed by atoms with van der Waals surface area (Å²) in [6, 6.07) is 3.97. The zero-order chi connectivity index (χ0) is 15.2. The van der Waals surface area contributed by atoms with Crippen molar-refractivity contribution in [2.75, 3.05) is 6.79 Å². The van der Waals surface area contributed by atoms with Crippen molar-refractivity contribution in [3.63, 3.8) is 0 Å². The van der Waals surface area contributed by atoms with Gasteiger partial charge in [0.2, 0.25) is 6.79 Å². The lowest BCUT2D eigenvalue weighted by Crippen LogP contribution is -2.37. The van der Waals surface area contributed by atoms with Crippen molar-refractivity contribution in [3.8, 4) is 11.5 Å². The maximum Gasteiger partial charge on any atom is 0.231 e. The second-order valence-corrected chi connectivity index (χ2v) is 6.89. The van der Waals surface area contributed by atoms with E-state index in [-0.39, 0.29) is 12.3 Å². The molecule has 3 rings (SSSR count). The first-order valence-electron chi connectivity index (χ1n) is 7.41. The molecule has 0 spiro atoms. The summed E-state index contributed by atoms with van der Waals surface area (Å²) in [5.41, 5.74) is 7.94. The van der Waals surface area contributed by atoms with Crippen LogP contribution in [0.3, 0.4) is 0 Å². The van der Waals surface area contributed by atoms with E-state index in [1.165, 1.54) is 0 Å². The summed E-state index contributed by atoms with van der Waals surface area (Å²) in [5, 5.41) is 0. The molecule has 0 atom stereocenters. The van der Waals surface area contributed by atoms with Gasteiger partial charge in [-0.25, -0.2) is 4.98 Å². The first-order chi connectivity index (χ1) is 9.83. The van der Waals surface area contributed by atoms with Crippen molar-refractivity contribution in [2.24, 2.45) is 11.7 Å². The van der Waals surface area contributed by atoms with Crippen LogP contribution in [-0.2, 0) is 13.0 Å². The second-order valence-electron chi connectivity index (χ2n) is 6.89. The Morgan fingerprint density at radius 3 is 2.57 bits per heavy atom. The molecule has 0 fully saturated rings. The molecule has 1 aliphatic rings. The third-order valence-corrected chi connectivity index (χ3v) is 3.48. The van der Waals surface area contributed by atoms with Crippen LogP contribution in [0.15, 0.2) is 12.1 Å². The van der Waals surface area contributed by atoms with Crippen LogP contribution >= 0.6 is 0 Å². The molecule has 0 saturated carbocycles. The van der Waals surface area contributed by atoms with Gasteiger partial charge < -0.3 is 19.8 Å². The fraction of sp³-hybridized carbons (Fsp3) is 0.562. The average molecular weight is 289 g/mol. The standard InChI is InChI=1S/C16H23N3O2/c1-10(2)5-15-18-11-6-13-14(21-9-20-13)7-12(11)19(15)8-16(3,4)17/h6-7,10H,5,8-9,17H2,1-4H3. The van der Waals surface area contributed by atoms with E-state index in [9.17, 15) is 0 Å². The van der Waals surface area contributed by atoms with Crippen molar-refractivity contribution in [2.45, 2.75) is 46.2 Å². The zero-order valence-corrected chi connectivity index (χ0v) is 13.1. The monoisotopic (exact) mass is 289 g/mol. The number of nitrogens with zero attached hydrogens (tertiary/aromatic N) is 2. The van der Waals surface area contributed by atoms with Crippen molar-refractivity contribution in [1.82, 2.24) is 9.55 Å². The Kier molecular flexibility index (Phi) is 3.32. The number of aromatic nitrogens is 2. The van der Waals surface area contributed by atoms with Gasteiger partial charge in [0.15, 0.2) is 11.5 Å². The largest absolute Gasteiger partial charge is 0.454 e. The second kappa shape index (κ2) is 4.91. The van der Waals surface area contributed by atoms with E-state index in [2.05, 4.69) is 18.4 Å². The highest BCUT2D eigenvalue weighted by Crippen LogP contribution is 2.36. The fourth-order valence-corrected chi connectivity index (χ4v) is 2.67. The molecule has 1 aromatic carbocycles. The summed E-state index contributed by atoms with van der Waals surface area (Å²) in [5.74, 6) is 3.17. The van der Waals surface area contributed by atoms with E-state index < -0.39 is 0 Å². The van der Waals surface area contributed by atoms with Crippen LogP contribution < -0.4 is 15.2 Å². The van der Waals surface area contributed by atoms with Crippen molar-refractivity contribution < 1.29 is 9.47 Å². The van der Waals surface area contributed by atoms with E-state index in [0.717, 1.165) is 41.3 Å². The number of benzene rings is 1. The van der Waals surface area contributed by atoms with Gasteiger partial charge in [-0.05, 0) is 19.8 Å². The summed E-state index contributed by atoms with van der Waals surface area (Å²) >= 11 is 0. The number of nitrogens with two attached hydrogens (primary N) is 1. The molecule has 114 valence electrons. The molecule has 5 heteroatoms. The molecular weight excluding hydrogens is 266 g/mol. The highest BCUT2D eigenvalue weighted by Gasteiger charge is 2.22. The normalized spacial score (nSPS) is 14.4. The molecule has 2 aromatic rings. The lowest BCUT2D eigenvalue weighted by molar-refractivity contribution is 0.174. The predicted molar refractivity (Wildman–Crippen MR) is 82.7 cm³/mol. The zero-order valence-electron chi connectivity index (χ0n) is 13.1. The van der Waals surface area contributed by atoms with E-state index in [1.54, 1.807) is 0 Å². The first kappa shape index (κ1) is 14.2. The van der Waals surface area contributed by atoms with Gasteiger partial charge in [-0.1, -0.05) is 13.8 Å². The van der Waals surface area contributed by atoms with Crippen LogP contribution in [0.1, 0.15) is 33.5 Å². The molecule has 0 bridgehead atoms. The highest BCUT2D eigenvalue weighted by atomic mass is 16.7. The van der Waals surface area contributed by atoms with Crippen LogP contribution in [0.4, 0.5) is 0 Å². The Morgan fingerprint density at radius 1 is 1.29 bits per heavy atom. The van der Waals surface area contributed by atoms with Crippen LogP contribution in [0, 0.1) is 5.92 Å². The van der Waals surface area contributed by atoms with Gasteiger partial charge in [-0.15, -0.1) is 0 Å². The number of fused-ring (bicyclic) bond motifs is 2. The number of rotatable bonds is 4. The summed E-state index contributed by atoms with van der Waals surface area (Å²) in [6.45, 7) is 9.47. The lowest BCUT2D eigenvalue weighted by Gasteiger charge is -2.22. The van der Waals surface area contributed by atoms with Gasteiger partial charge in [0, 0.05) is 30.6 Å². The minimum absolute atomic E-state index is 0.281. The summed E-state index contributed by atoms with van der Waals surface area (Å²) < 4.78 is 13.1. The van der Waals surface area contributed by atoms with Crippen LogP contribution in [0.5, 0.6) is 11.5 Å². The van der Waals surface area contributed by atoms with Crippen molar-refractivity contribution >= 4 is 11.0 Å². The quantitative estimate of drug-likeness (QED) is 0.940. The lowest BCUT2D eigenvalue weighted by atomic mass is 10.1. The minimum atomic E-state index is -0.296. The number of hydrogen-bond donors (Lipinski definition) is 1. The van der Waals surface area contributed by atoms with Gasteiger partial charge in [-0.2, -0.15) is 0 Å². The molecule has 2 heterocycles. The highest BCUT2D eigenvalue weighted by molar-refractivity contribution is 5.81. The third kappa shape index (κ3) is 2.83. The van der Waals surface area contributed by atoms with E-state index in [0.29, 0.717) is 5.92 Å². The van der Waals surface area contributed by atoms with Gasteiger partial charge in [0.25, 0.3) is 0 Å². The van der Waals surface area contributed by atoms with Gasteiger partial charge in [-0.3, -0.25) is 0 Å². The van der Waals surface area contributed by atoms with Crippen molar-refractivity contribution in [3.05, 3.63) is 18.0 Å². The van der Waals surface area contributed by atoms with Crippen LogP contribution in [-0.4, -0.2) is 21.9 Å². The maximum absolute atomic E-state index is 6.23. The summed E-state index contributed by atoms with van der Waals surface area (Å²) in [6.07, 6.45) is 0.928. The summed E-state index contributed by atoms with van der Waals surface area (Å²) in [4.78, 5) is 4.79. The molecule has 0 aliphatic carbocycles. The van der Waals surface area contributed by atoms with Gasteiger partial charge in [0.05, 0.1) is 11.0 Å². The topological polar surface area (TPSA) is 62.3 Å². The Balaban J connectivity index is 2.14.